The highest BCUT2D eigenvalue weighted by Crippen LogP contribution is 2.27. The molecule has 0 fully saturated rings. The molecule has 0 amide bonds. The van der Waals surface area contributed by atoms with Gasteiger partial charge in [0.25, 0.3) is 0 Å². The van der Waals surface area contributed by atoms with Crippen LogP contribution in [0.25, 0.3) is 0 Å². The fourth-order valence-electron chi connectivity index (χ4n) is 1.51. The molecule has 4 heteroatoms. The highest BCUT2D eigenvalue weighted by Gasteiger charge is 2.14. The van der Waals surface area contributed by atoms with E-state index in [9.17, 15) is 4.39 Å². The van der Waals surface area contributed by atoms with E-state index >= 15 is 0 Å². The maximum absolute atomic E-state index is 13.4. The molecule has 0 aromatic heterocycles. The number of aryl methyl sites for hydroxylation is 1. The van der Waals surface area contributed by atoms with Gasteiger partial charge >= 0.3 is 0 Å². The Bertz CT molecular complexity index is 344. The third-order valence-corrected chi connectivity index (χ3v) is 3.01. The predicted molar refractivity (Wildman–Crippen MR) is 66.4 cm³/mol. The highest BCUT2D eigenvalue weighted by atomic mass is 35.5. The lowest BCUT2D eigenvalue weighted by Crippen LogP contribution is -2.17. The van der Waals surface area contributed by atoms with E-state index in [1.165, 1.54) is 6.07 Å². The van der Waals surface area contributed by atoms with Crippen molar-refractivity contribution in [3.8, 4) is 0 Å². The number of hydrogen-bond donors (Lipinski definition) is 2. The number of halogens is 2. The molecule has 1 unspecified atom stereocenters. The molecule has 0 radical (unpaired) electrons. The maximum Gasteiger partial charge on any atom is 0.126 e. The number of nitrogens with one attached hydrogen (secondary N) is 1. The van der Waals surface area contributed by atoms with Crippen LogP contribution in [0.5, 0.6) is 0 Å². The van der Waals surface area contributed by atoms with E-state index in [0.717, 1.165) is 17.7 Å². The smallest absolute Gasteiger partial charge is 0.126 e. The molecular weight excluding hydrogens is 233 g/mol. The minimum atomic E-state index is -0.214. The molecule has 1 aromatic rings. The second kappa shape index (κ2) is 5.73. The van der Waals surface area contributed by atoms with Crippen LogP contribution in [0.4, 0.5) is 4.39 Å². The fraction of sp³-hybridized carbons (Fsp3) is 0.455. The van der Waals surface area contributed by atoms with Gasteiger partial charge in [0.15, 0.2) is 0 Å². The molecule has 0 heterocycles. The van der Waals surface area contributed by atoms with Crippen LogP contribution in [0.2, 0.25) is 5.02 Å². The summed E-state index contributed by atoms with van der Waals surface area (Å²) < 4.78 is 13.4. The first-order chi connectivity index (χ1) is 7.10. The minimum Gasteiger partial charge on any atom is -0.313 e. The van der Waals surface area contributed by atoms with E-state index in [2.05, 4.69) is 17.9 Å². The quantitative estimate of drug-likeness (QED) is 0.778. The summed E-state index contributed by atoms with van der Waals surface area (Å²) >= 11 is 10.2. The number of rotatable bonds is 4. The average molecular weight is 248 g/mol. The van der Waals surface area contributed by atoms with E-state index < -0.39 is 0 Å². The monoisotopic (exact) mass is 247 g/mol. The molecule has 1 rings (SSSR count). The maximum atomic E-state index is 13.4. The Hall–Kier alpha value is -0.250. The molecule has 1 nitrogen and oxygen atoms in total. The number of thiol groups is 1. The Morgan fingerprint density at radius 3 is 2.73 bits per heavy atom. The normalized spacial score (nSPS) is 12.9. The number of benzene rings is 1. The Morgan fingerprint density at radius 1 is 1.53 bits per heavy atom. The molecule has 1 aromatic carbocycles. The number of hydrogen-bond acceptors (Lipinski definition) is 2. The first kappa shape index (κ1) is 12.8. The summed E-state index contributed by atoms with van der Waals surface area (Å²) in [7, 11) is 1.84. The van der Waals surface area contributed by atoms with Gasteiger partial charge in [-0.3, -0.25) is 0 Å². The molecule has 0 saturated heterocycles. The minimum absolute atomic E-state index is 0.0603. The van der Waals surface area contributed by atoms with Crippen LogP contribution < -0.4 is 5.32 Å². The van der Waals surface area contributed by atoms with Crippen LogP contribution in [0.3, 0.4) is 0 Å². The first-order valence-corrected chi connectivity index (χ1v) is 5.84. The molecule has 0 spiro atoms. The Labute approximate surface area is 100 Å². The third kappa shape index (κ3) is 3.10. The van der Waals surface area contributed by atoms with Crippen LogP contribution in [0.1, 0.15) is 23.6 Å². The SMILES string of the molecule is CNC(CCS)c1cc(F)c(C)cc1Cl. The highest BCUT2D eigenvalue weighted by molar-refractivity contribution is 7.80. The second-order valence-corrected chi connectivity index (χ2v) is 4.33. The molecule has 0 bridgehead atoms. The van der Waals surface area contributed by atoms with Gasteiger partial charge in [-0.05, 0) is 49.4 Å². The fourth-order valence-corrected chi connectivity index (χ4v) is 2.12. The zero-order valence-corrected chi connectivity index (χ0v) is 10.5. The molecule has 0 aliphatic rings. The van der Waals surface area contributed by atoms with E-state index in [4.69, 9.17) is 11.6 Å². The van der Waals surface area contributed by atoms with Gasteiger partial charge in [0, 0.05) is 11.1 Å². The molecular formula is C11H15ClFNS. The topological polar surface area (TPSA) is 12.0 Å². The Kier molecular flexibility index (Phi) is 4.90. The lowest BCUT2D eigenvalue weighted by Gasteiger charge is -2.17. The second-order valence-electron chi connectivity index (χ2n) is 3.48. The standard InChI is InChI=1S/C11H15ClFNS/c1-7-5-9(12)8(6-10(7)13)11(14-2)3-4-15/h5-6,11,14-15H,3-4H2,1-2H3. The van der Waals surface area contributed by atoms with Gasteiger partial charge in [-0.2, -0.15) is 12.6 Å². The zero-order chi connectivity index (χ0) is 11.4. The van der Waals surface area contributed by atoms with Gasteiger partial charge in [-0.25, -0.2) is 4.39 Å². The Morgan fingerprint density at radius 2 is 2.20 bits per heavy atom. The van der Waals surface area contributed by atoms with E-state index in [-0.39, 0.29) is 11.9 Å². The van der Waals surface area contributed by atoms with Crippen LogP contribution in [0.15, 0.2) is 12.1 Å². The van der Waals surface area contributed by atoms with Crippen molar-refractivity contribution >= 4 is 24.2 Å². The molecule has 0 aliphatic heterocycles. The van der Waals surface area contributed by atoms with E-state index in [0.29, 0.717) is 10.6 Å². The van der Waals surface area contributed by atoms with Crippen molar-refractivity contribution < 1.29 is 4.39 Å². The van der Waals surface area contributed by atoms with Gasteiger partial charge in [0.05, 0.1) is 0 Å². The molecule has 0 aliphatic carbocycles. The summed E-state index contributed by atoms with van der Waals surface area (Å²) in [6.45, 7) is 1.71. The Balaban J connectivity index is 3.06. The molecule has 15 heavy (non-hydrogen) atoms. The molecule has 1 atom stereocenters. The van der Waals surface area contributed by atoms with Crippen LogP contribution in [-0.2, 0) is 0 Å². The summed E-state index contributed by atoms with van der Waals surface area (Å²) in [5.74, 6) is 0.519. The van der Waals surface area contributed by atoms with Crippen molar-refractivity contribution in [2.45, 2.75) is 19.4 Å². The average Bonchev–Trinajstić information content (AvgIpc) is 2.20. The van der Waals surface area contributed by atoms with Gasteiger partial charge in [-0.1, -0.05) is 11.6 Å². The zero-order valence-electron chi connectivity index (χ0n) is 8.85. The molecule has 0 saturated carbocycles. The molecule has 1 N–H and O–H groups in total. The van der Waals surface area contributed by atoms with Crippen molar-refractivity contribution in [1.82, 2.24) is 5.32 Å². The summed E-state index contributed by atoms with van der Waals surface area (Å²) in [5, 5.41) is 3.71. The summed E-state index contributed by atoms with van der Waals surface area (Å²) in [5.41, 5.74) is 1.38. The summed E-state index contributed by atoms with van der Waals surface area (Å²) in [4.78, 5) is 0. The van der Waals surface area contributed by atoms with Gasteiger partial charge in [0.2, 0.25) is 0 Å². The molecule has 84 valence electrons. The van der Waals surface area contributed by atoms with Crippen molar-refractivity contribution in [3.63, 3.8) is 0 Å². The lowest BCUT2D eigenvalue weighted by atomic mass is 10.0. The van der Waals surface area contributed by atoms with Gasteiger partial charge in [0.1, 0.15) is 5.82 Å². The van der Waals surface area contributed by atoms with Crippen molar-refractivity contribution in [2.24, 2.45) is 0 Å². The van der Waals surface area contributed by atoms with E-state index in [1.54, 1.807) is 13.0 Å². The van der Waals surface area contributed by atoms with Crippen molar-refractivity contribution in [3.05, 3.63) is 34.1 Å². The van der Waals surface area contributed by atoms with Gasteiger partial charge < -0.3 is 5.32 Å². The third-order valence-electron chi connectivity index (χ3n) is 2.42. The lowest BCUT2D eigenvalue weighted by molar-refractivity contribution is 0.567. The first-order valence-electron chi connectivity index (χ1n) is 4.83. The van der Waals surface area contributed by atoms with Crippen LogP contribution in [-0.4, -0.2) is 12.8 Å². The van der Waals surface area contributed by atoms with Gasteiger partial charge in [-0.15, -0.1) is 0 Å². The largest absolute Gasteiger partial charge is 0.313 e. The van der Waals surface area contributed by atoms with Crippen molar-refractivity contribution in [1.29, 1.82) is 0 Å². The van der Waals surface area contributed by atoms with Crippen LogP contribution in [0, 0.1) is 12.7 Å². The van der Waals surface area contributed by atoms with Crippen LogP contribution >= 0.6 is 24.2 Å². The van der Waals surface area contributed by atoms with E-state index in [1.807, 2.05) is 7.05 Å². The summed E-state index contributed by atoms with van der Waals surface area (Å²) in [6, 6.07) is 3.22. The van der Waals surface area contributed by atoms with Crippen molar-refractivity contribution in [2.75, 3.05) is 12.8 Å². The predicted octanol–water partition coefficient (Wildman–Crippen LogP) is 3.37. The summed E-state index contributed by atoms with van der Waals surface area (Å²) in [6.07, 6.45) is 0.821.